The molecule has 7 aromatic rings. The fourth-order valence-corrected chi connectivity index (χ4v) is 5.08. The number of hydrogen-bond acceptors (Lipinski definition) is 3. The zero-order valence-electron chi connectivity index (χ0n) is 19.5. The van der Waals surface area contributed by atoms with Gasteiger partial charge in [0.2, 0.25) is 0 Å². The molecule has 0 aliphatic heterocycles. The van der Waals surface area contributed by atoms with E-state index in [9.17, 15) is 0 Å². The highest BCUT2D eigenvalue weighted by Gasteiger charge is 2.10. The molecule has 2 heterocycles. The summed E-state index contributed by atoms with van der Waals surface area (Å²) in [6, 6.07) is 38.6. The lowest BCUT2D eigenvalue weighted by Crippen LogP contribution is -1.91. The van der Waals surface area contributed by atoms with Crippen molar-refractivity contribution in [3.63, 3.8) is 0 Å². The van der Waals surface area contributed by atoms with Crippen LogP contribution in [0.1, 0.15) is 0 Å². The largest absolute Gasteiger partial charge is 0.265 e. The van der Waals surface area contributed by atoms with Crippen LogP contribution in [-0.2, 0) is 0 Å². The minimum absolute atomic E-state index is 0.701. The molecule has 2 aromatic heterocycles. The molecular formula is C33H21N3. The van der Waals surface area contributed by atoms with E-state index in [1.54, 1.807) is 12.4 Å². The van der Waals surface area contributed by atoms with Gasteiger partial charge in [0.25, 0.3) is 0 Å². The molecule has 0 bridgehead atoms. The quantitative estimate of drug-likeness (QED) is 0.249. The molecule has 0 saturated carbocycles. The van der Waals surface area contributed by atoms with Crippen LogP contribution in [0, 0.1) is 0 Å². The van der Waals surface area contributed by atoms with Crippen molar-refractivity contribution in [3.8, 4) is 33.8 Å². The van der Waals surface area contributed by atoms with Gasteiger partial charge in [0, 0.05) is 29.7 Å². The summed E-state index contributed by atoms with van der Waals surface area (Å²) in [7, 11) is 0. The van der Waals surface area contributed by atoms with Gasteiger partial charge in [-0.3, -0.25) is 4.98 Å². The Kier molecular flexibility index (Phi) is 4.78. The first kappa shape index (κ1) is 20.5. The fourth-order valence-electron chi connectivity index (χ4n) is 5.08. The van der Waals surface area contributed by atoms with Crippen molar-refractivity contribution < 1.29 is 0 Å². The van der Waals surface area contributed by atoms with E-state index in [0.29, 0.717) is 5.82 Å². The Morgan fingerprint density at radius 1 is 0.389 bits per heavy atom. The minimum Gasteiger partial charge on any atom is -0.265 e. The van der Waals surface area contributed by atoms with Gasteiger partial charge in [-0.05, 0) is 67.7 Å². The Balaban J connectivity index is 1.31. The number of rotatable bonds is 3. The maximum atomic E-state index is 4.78. The number of fused-ring (bicyclic) bond motifs is 6. The van der Waals surface area contributed by atoms with Gasteiger partial charge in [-0.25, -0.2) is 9.97 Å². The normalized spacial score (nSPS) is 11.3. The van der Waals surface area contributed by atoms with Crippen LogP contribution >= 0.6 is 0 Å². The maximum absolute atomic E-state index is 4.78. The predicted molar refractivity (Wildman–Crippen MR) is 149 cm³/mol. The molecule has 7 rings (SSSR count). The van der Waals surface area contributed by atoms with Crippen LogP contribution in [0.5, 0.6) is 0 Å². The molecule has 0 aliphatic rings. The van der Waals surface area contributed by atoms with Gasteiger partial charge >= 0.3 is 0 Å². The van der Waals surface area contributed by atoms with Gasteiger partial charge in [-0.2, -0.15) is 0 Å². The number of nitrogens with zero attached hydrogens (tertiary/aromatic N) is 3. The van der Waals surface area contributed by atoms with Gasteiger partial charge in [0.05, 0.1) is 5.69 Å². The second-order valence-electron chi connectivity index (χ2n) is 8.93. The highest BCUT2D eigenvalue weighted by atomic mass is 14.9. The molecule has 0 unspecified atom stereocenters. The molecule has 0 amide bonds. The van der Waals surface area contributed by atoms with E-state index in [2.05, 4.69) is 101 Å². The molecule has 0 fully saturated rings. The minimum atomic E-state index is 0.701. The molecule has 3 nitrogen and oxygen atoms in total. The summed E-state index contributed by atoms with van der Waals surface area (Å²) in [4.78, 5) is 13.3. The van der Waals surface area contributed by atoms with Crippen LogP contribution in [0.4, 0.5) is 0 Å². The molecule has 36 heavy (non-hydrogen) atoms. The van der Waals surface area contributed by atoms with E-state index in [4.69, 9.17) is 4.98 Å². The Morgan fingerprint density at radius 3 is 1.61 bits per heavy atom. The van der Waals surface area contributed by atoms with Crippen molar-refractivity contribution in [1.82, 2.24) is 15.0 Å². The molecule has 0 saturated heterocycles. The van der Waals surface area contributed by atoms with Crippen LogP contribution < -0.4 is 0 Å². The van der Waals surface area contributed by atoms with Crippen LogP contribution in [0.15, 0.2) is 128 Å². The van der Waals surface area contributed by atoms with Crippen molar-refractivity contribution in [2.24, 2.45) is 0 Å². The highest BCUT2D eigenvalue weighted by Crippen LogP contribution is 2.37. The van der Waals surface area contributed by atoms with E-state index in [1.165, 1.54) is 43.4 Å². The van der Waals surface area contributed by atoms with Crippen molar-refractivity contribution >= 4 is 32.3 Å². The topological polar surface area (TPSA) is 38.7 Å². The summed E-state index contributed by atoms with van der Waals surface area (Å²) in [5, 5.41) is 7.74. The summed E-state index contributed by atoms with van der Waals surface area (Å²) >= 11 is 0. The average Bonchev–Trinajstić information content (AvgIpc) is 2.98. The molecule has 0 radical (unpaired) electrons. The van der Waals surface area contributed by atoms with E-state index < -0.39 is 0 Å². The summed E-state index contributed by atoms with van der Waals surface area (Å²) in [6.45, 7) is 0. The van der Waals surface area contributed by atoms with Crippen LogP contribution in [0.2, 0.25) is 0 Å². The van der Waals surface area contributed by atoms with Crippen molar-refractivity contribution in [3.05, 3.63) is 128 Å². The van der Waals surface area contributed by atoms with Crippen LogP contribution in [0.25, 0.3) is 66.1 Å². The average molecular weight is 460 g/mol. The SMILES string of the molecule is c1ccc2c(c1)c1ccccc1c1cc(-c3ccc(-c4ccnc(-c5ccncc5)n4)cc3)ccc21. The van der Waals surface area contributed by atoms with Gasteiger partial charge in [-0.15, -0.1) is 0 Å². The Bertz CT molecular complexity index is 1840. The zero-order valence-corrected chi connectivity index (χ0v) is 19.5. The van der Waals surface area contributed by atoms with Gasteiger partial charge in [0.15, 0.2) is 5.82 Å². The number of hydrogen-bond donors (Lipinski definition) is 0. The lowest BCUT2D eigenvalue weighted by atomic mass is 9.92. The summed E-state index contributed by atoms with van der Waals surface area (Å²) in [6.07, 6.45) is 5.33. The summed E-state index contributed by atoms with van der Waals surface area (Å²) < 4.78 is 0. The molecule has 0 spiro atoms. The lowest BCUT2D eigenvalue weighted by molar-refractivity contribution is 1.17. The second-order valence-corrected chi connectivity index (χ2v) is 8.93. The maximum Gasteiger partial charge on any atom is 0.159 e. The molecule has 168 valence electrons. The third-order valence-electron chi connectivity index (χ3n) is 6.85. The van der Waals surface area contributed by atoms with Gasteiger partial charge in [-0.1, -0.05) is 84.9 Å². The molecule has 5 aromatic carbocycles. The molecular weight excluding hydrogens is 438 g/mol. The fraction of sp³-hybridized carbons (Fsp3) is 0. The van der Waals surface area contributed by atoms with Crippen LogP contribution in [0.3, 0.4) is 0 Å². The molecule has 0 atom stereocenters. The predicted octanol–water partition coefficient (Wildman–Crippen LogP) is 8.33. The van der Waals surface area contributed by atoms with Crippen molar-refractivity contribution in [1.29, 1.82) is 0 Å². The Labute approximate surface area is 208 Å². The lowest BCUT2D eigenvalue weighted by Gasteiger charge is -2.12. The highest BCUT2D eigenvalue weighted by molar-refractivity contribution is 6.25. The first-order valence-corrected chi connectivity index (χ1v) is 12.0. The third kappa shape index (κ3) is 3.41. The molecule has 3 heteroatoms. The summed E-state index contributed by atoms with van der Waals surface area (Å²) in [5.74, 6) is 0.701. The number of aromatic nitrogens is 3. The smallest absolute Gasteiger partial charge is 0.159 e. The first-order chi connectivity index (χ1) is 17.8. The van der Waals surface area contributed by atoms with Crippen molar-refractivity contribution in [2.75, 3.05) is 0 Å². The van der Waals surface area contributed by atoms with E-state index in [1.807, 2.05) is 24.4 Å². The standard InChI is InChI=1S/C33H21N3/c1-2-7-28-26(5-1)27-6-3-4-8-29(27)31-21-25(13-14-30(28)31)22-9-11-23(12-10-22)32-17-20-35-33(36-32)24-15-18-34-19-16-24/h1-21H. The third-order valence-corrected chi connectivity index (χ3v) is 6.85. The summed E-state index contributed by atoms with van der Waals surface area (Å²) in [5.41, 5.74) is 5.31. The zero-order chi connectivity index (χ0) is 23.9. The van der Waals surface area contributed by atoms with Gasteiger partial charge in [0.1, 0.15) is 0 Å². The first-order valence-electron chi connectivity index (χ1n) is 12.0. The van der Waals surface area contributed by atoms with Crippen molar-refractivity contribution in [2.45, 2.75) is 0 Å². The number of benzene rings is 5. The molecule has 0 aliphatic carbocycles. The Hall–Kier alpha value is -4.89. The van der Waals surface area contributed by atoms with Crippen LogP contribution in [-0.4, -0.2) is 15.0 Å². The van der Waals surface area contributed by atoms with Gasteiger partial charge < -0.3 is 0 Å². The monoisotopic (exact) mass is 459 g/mol. The van der Waals surface area contributed by atoms with E-state index in [0.717, 1.165) is 16.8 Å². The van der Waals surface area contributed by atoms with E-state index >= 15 is 0 Å². The van der Waals surface area contributed by atoms with E-state index in [-0.39, 0.29) is 0 Å². The molecule has 0 N–H and O–H groups in total. The Morgan fingerprint density at radius 2 is 0.944 bits per heavy atom. The number of pyridine rings is 1. The second kappa shape index (κ2) is 8.40.